The van der Waals surface area contributed by atoms with Gasteiger partial charge in [0.1, 0.15) is 12.0 Å². The highest BCUT2D eigenvalue weighted by atomic mass is 15.5. The van der Waals surface area contributed by atoms with E-state index in [4.69, 9.17) is 0 Å². The Kier molecular flexibility index (Phi) is 5.42. The van der Waals surface area contributed by atoms with Crippen molar-refractivity contribution in [3.63, 3.8) is 0 Å². The van der Waals surface area contributed by atoms with E-state index in [0.29, 0.717) is 18.8 Å². The normalized spacial score (nSPS) is 16.7. The van der Waals surface area contributed by atoms with Crippen LogP contribution in [0.4, 0.5) is 0 Å². The molecule has 2 aromatic heterocycles. The highest BCUT2D eigenvalue weighted by molar-refractivity contribution is 5.80. The Morgan fingerprint density at radius 1 is 1.46 bits per heavy atom. The van der Waals surface area contributed by atoms with E-state index in [1.54, 1.807) is 6.33 Å². The first-order chi connectivity index (χ1) is 11.8. The van der Waals surface area contributed by atoms with Crippen LogP contribution in [-0.4, -0.2) is 38.8 Å². The Morgan fingerprint density at radius 3 is 3.04 bits per heavy atom. The fourth-order valence-electron chi connectivity index (χ4n) is 3.67. The van der Waals surface area contributed by atoms with Crippen molar-refractivity contribution in [3.05, 3.63) is 24.3 Å². The molecular formula is C18H24N6. The van der Waals surface area contributed by atoms with Gasteiger partial charge in [0, 0.05) is 30.8 Å². The van der Waals surface area contributed by atoms with Gasteiger partial charge in [0.2, 0.25) is 0 Å². The molecule has 1 aliphatic rings. The quantitative estimate of drug-likeness (QED) is 0.626. The molecule has 1 N–H and O–H groups in total. The van der Waals surface area contributed by atoms with E-state index in [1.807, 2.05) is 18.5 Å². The Hall–Kier alpha value is -2.42. The van der Waals surface area contributed by atoms with E-state index in [1.165, 1.54) is 25.7 Å². The highest BCUT2D eigenvalue weighted by Crippen LogP contribution is 2.31. The summed E-state index contributed by atoms with van der Waals surface area (Å²) in [5, 5.41) is 17.0. The van der Waals surface area contributed by atoms with Crippen LogP contribution >= 0.6 is 0 Å². The van der Waals surface area contributed by atoms with Gasteiger partial charge in [-0.2, -0.15) is 10.4 Å². The van der Waals surface area contributed by atoms with Crippen LogP contribution in [-0.2, 0) is 6.42 Å². The SMILES string of the molecule is CCN(/N=C\Cc1ncnc2[nH]ccc12)[C@H](CC#N)C1CCCC1. The van der Waals surface area contributed by atoms with Gasteiger partial charge in [-0.3, -0.25) is 5.01 Å². The molecule has 0 saturated heterocycles. The summed E-state index contributed by atoms with van der Waals surface area (Å²) >= 11 is 0. The number of aromatic nitrogens is 3. The summed E-state index contributed by atoms with van der Waals surface area (Å²) in [7, 11) is 0. The van der Waals surface area contributed by atoms with Gasteiger partial charge in [-0.05, 0) is 31.7 Å². The minimum absolute atomic E-state index is 0.233. The van der Waals surface area contributed by atoms with Gasteiger partial charge in [-0.25, -0.2) is 9.97 Å². The Balaban J connectivity index is 1.70. The van der Waals surface area contributed by atoms with Crippen LogP contribution in [0.15, 0.2) is 23.7 Å². The molecule has 3 rings (SSSR count). The minimum atomic E-state index is 0.233. The van der Waals surface area contributed by atoms with Crippen molar-refractivity contribution in [2.75, 3.05) is 6.54 Å². The number of H-pyrrole nitrogens is 1. The topological polar surface area (TPSA) is 81.0 Å². The summed E-state index contributed by atoms with van der Waals surface area (Å²) in [5.41, 5.74) is 1.83. The molecule has 0 aromatic carbocycles. The van der Waals surface area contributed by atoms with Gasteiger partial charge in [-0.15, -0.1) is 0 Å². The number of nitriles is 1. The number of aromatic amines is 1. The zero-order chi connectivity index (χ0) is 16.8. The second kappa shape index (κ2) is 7.91. The van der Waals surface area contributed by atoms with Crippen LogP contribution in [0.5, 0.6) is 0 Å². The lowest BCUT2D eigenvalue weighted by Crippen LogP contribution is -2.36. The van der Waals surface area contributed by atoms with Gasteiger partial charge in [-0.1, -0.05) is 12.8 Å². The zero-order valence-electron chi connectivity index (χ0n) is 14.1. The summed E-state index contributed by atoms with van der Waals surface area (Å²) in [6.45, 7) is 2.92. The first-order valence-corrected chi connectivity index (χ1v) is 8.76. The number of rotatable bonds is 7. The summed E-state index contributed by atoms with van der Waals surface area (Å²) in [6.07, 6.45) is 11.6. The molecule has 1 aliphatic carbocycles. The van der Waals surface area contributed by atoms with Gasteiger partial charge in [0.25, 0.3) is 0 Å². The van der Waals surface area contributed by atoms with Crippen molar-refractivity contribution in [1.29, 1.82) is 5.26 Å². The van der Waals surface area contributed by atoms with E-state index in [2.05, 4.69) is 38.1 Å². The predicted octanol–water partition coefficient (Wildman–Crippen LogP) is 3.28. The second-order valence-corrected chi connectivity index (χ2v) is 6.29. The van der Waals surface area contributed by atoms with Gasteiger partial charge in [0.15, 0.2) is 0 Å². The molecule has 1 atom stereocenters. The summed E-state index contributed by atoms with van der Waals surface area (Å²) in [5.74, 6) is 0.595. The van der Waals surface area contributed by atoms with Crippen LogP contribution in [0, 0.1) is 17.2 Å². The van der Waals surface area contributed by atoms with Crippen LogP contribution in [0.2, 0.25) is 0 Å². The molecule has 0 spiro atoms. The third-order valence-electron chi connectivity index (χ3n) is 4.90. The lowest BCUT2D eigenvalue weighted by molar-refractivity contribution is 0.158. The van der Waals surface area contributed by atoms with Gasteiger partial charge >= 0.3 is 0 Å². The molecule has 0 unspecified atom stereocenters. The average Bonchev–Trinajstić information content (AvgIpc) is 3.28. The molecule has 0 amide bonds. The number of hydrogen-bond acceptors (Lipinski definition) is 5. The predicted molar refractivity (Wildman–Crippen MR) is 94.4 cm³/mol. The third-order valence-corrected chi connectivity index (χ3v) is 4.90. The molecule has 1 saturated carbocycles. The van der Waals surface area contributed by atoms with Crippen molar-refractivity contribution in [2.24, 2.45) is 11.0 Å². The molecule has 2 heterocycles. The standard InChI is InChI=1S/C18H24N6/c1-2-24(17(7-10-19)14-5-3-4-6-14)23-12-9-16-15-8-11-20-18(15)22-13-21-16/h8,11-14,17H,2-7,9H2,1H3,(H,20,21,22)/b23-12-/t17-/m1/s1. The number of fused-ring (bicyclic) bond motifs is 1. The van der Waals surface area contributed by atoms with E-state index >= 15 is 0 Å². The maximum Gasteiger partial charge on any atom is 0.140 e. The third kappa shape index (κ3) is 3.56. The molecule has 2 aromatic rings. The number of nitrogens with one attached hydrogen (secondary N) is 1. The lowest BCUT2D eigenvalue weighted by atomic mass is 9.95. The fourth-order valence-corrected chi connectivity index (χ4v) is 3.67. The van der Waals surface area contributed by atoms with Gasteiger partial charge < -0.3 is 4.98 Å². The van der Waals surface area contributed by atoms with E-state index in [9.17, 15) is 5.26 Å². The summed E-state index contributed by atoms with van der Waals surface area (Å²) in [4.78, 5) is 11.7. The average molecular weight is 324 g/mol. The molecule has 0 radical (unpaired) electrons. The molecule has 24 heavy (non-hydrogen) atoms. The zero-order valence-corrected chi connectivity index (χ0v) is 14.1. The Bertz CT molecular complexity index is 722. The summed E-state index contributed by atoms with van der Waals surface area (Å²) in [6, 6.07) is 4.57. The molecule has 0 bridgehead atoms. The van der Waals surface area contributed by atoms with Gasteiger partial charge in [0.05, 0.1) is 24.2 Å². The Labute approximate surface area is 142 Å². The van der Waals surface area contributed by atoms with Crippen molar-refractivity contribution in [2.45, 2.75) is 51.5 Å². The smallest absolute Gasteiger partial charge is 0.140 e. The number of nitrogens with zero attached hydrogens (tertiary/aromatic N) is 5. The van der Waals surface area contributed by atoms with Crippen LogP contribution in [0.3, 0.4) is 0 Å². The maximum absolute atomic E-state index is 9.19. The van der Waals surface area contributed by atoms with Crippen LogP contribution in [0.1, 0.15) is 44.7 Å². The molecule has 6 nitrogen and oxygen atoms in total. The van der Waals surface area contributed by atoms with Crippen molar-refractivity contribution >= 4 is 17.2 Å². The molecular weight excluding hydrogens is 300 g/mol. The minimum Gasteiger partial charge on any atom is -0.346 e. The number of hydrogen-bond donors (Lipinski definition) is 1. The van der Waals surface area contributed by atoms with Crippen molar-refractivity contribution in [3.8, 4) is 6.07 Å². The first-order valence-electron chi connectivity index (χ1n) is 8.76. The molecule has 0 aliphatic heterocycles. The van der Waals surface area contributed by atoms with Crippen LogP contribution in [0.25, 0.3) is 11.0 Å². The monoisotopic (exact) mass is 324 g/mol. The highest BCUT2D eigenvalue weighted by Gasteiger charge is 2.28. The fraction of sp³-hybridized carbons (Fsp3) is 0.556. The molecule has 6 heteroatoms. The lowest BCUT2D eigenvalue weighted by Gasteiger charge is -2.31. The van der Waals surface area contributed by atoms with Crippen LogP contribution < -0.4 is 0 Å². The Morgan fingerprint density at radius 2 is 2.29 bits per heavy atom. The first kappa shape index (κ1) is 16.4. The largest absolute Gasteiger partial charge is 0.346 e. The number of hydrazone groups is 1. The molecule has 126 valence electrons. The van der Waals surface area contributed by atoms with E-state index in [0.717, 1.165) is 23.3 Å². The van der Waals surface area contributed by atoms with Crippen molar-refractivity contribution in [1.82, 2.24) is 20.0 Å². The summed E-state index contributed by atoms with van der Waals surface area (Å²) < 4.78 is 0. The van der Waals surface area contributed by atoms with Crippen molar-refractivity contribution < 1.29 is 0 Å². The molecule has 1 fully saturated rings. The van der Waals surface area contributed by atoms with E-state index in [-0.39, 0.29) is 6.04 Å². The maximum atomic E-state index is 9.19. The van der Waals surface area contributed by atoms with E-state index < -0.39 is 0 Å². The second-order valence-electron chi connectivity index (χ2n) is 6.29.